The van der Waals surface area contributed by atoms with Crippen molar-refractivity contribution in [1.29, 1.82) is 0 Å². The zero-order chi connectivity index (χ0) is 18.0. The highest BCUT2D eigenvalue weighted by Crippen LogP contribution is 2.25. The van der Waals surface area contributed by atoms with Crippen LogP contribution in [0.15, 0.2) is 35.1 Å². The van der Waals surface area contributed by atoms with E-state index in [1.165, 1.54) is 11.0 Å². The van der Waals surface area contributed by atoms with Crippen molar-refractivity contribution >= 4 is 45.2 Å². The van der Waals surface area contributed by atoms with Crippen LogP contribution in [0.4, 0.5) is 11.8 Å². The quantitative estimate of drug-likeness (QED) is 0.476. The average molecular weight is 427 g/mol. The maximum absolute atomic E-state index is 12.1. The fraction of sp³-hybridized carbons (Fsp3) is 0.0769. The Balaban J connectivity index is 1.71. The number of amides is 1. The molecule has 0 atom stereocenters. The van der Waals surface area contributed by atoms with Gasteiger partial charge >= 0.3 is 5.82 Å². The minimum absolute atomic E-state index is 0.0459. The van der Waals surface area contributed by atoms with Crippen LogP contribution in [0.1, 0.15) is 16.1 Å². The molecule has 0 saturated carbocycles. The second-order valence-corrected chi connectivity index (χ2v) is 6.07. The van der Waals surface area contributed by atoms with Gasteiger partial charge in [-0.05, 0) is 38.5 Å². The van der Waals surface area contributed by atoms with Gasteiger partial charge in [-0.2, -0.15) is 0 Å². The van der Waals surface area contributed by atoms with Gasteiger partial charge in [-0.3, -0.25) is 10.1 Å². The van der Waals surface area contributed by atoms with E-state index in [-0.39, 0.29) is 16.1 Å². The predicted octanol–water partition coefficient (Wildman–Crippen LogP) is 2.63. The standard InChI is InChI=1S/C13H9BrClN7O3/c14-9-10(18-19-11(9)22(24)25)12(23)17-13-16-6-21(20-13)5-7-2-1-3-8(15)4-7/h1-4,6H,5H2,(H,18,19)(H,17,20,23). The maximum atomic E-state index is 12.1. The summed E-state index contributed by atoms with van der Waals surface area (Å²) < 4.78 is 1.47. The molecule has 0 bridgehead atoms. The molecule has 25 heavy (non-hydrogen) atoms. The number of anilines is 1. The highest BCUT2D eigenvalue weighted by molar-refractivity contribution is 9.10. The molecule has 0 fully saturated rings. The SMILES string of the molecule is O=C(Nc1ncn(Cc2cccc(Cl)c2)n1)c1n[nH]c([N+](=O)[O-])c1Br. The van der Waals surface area contributed by atoms with E-state index in [0.29, 0.717) is 11.6 Å². The van der Waals surface area contributed by atoms with Crippen molar-refractivity contribution < 1.29 is 9.72 Å². The van der Waals surface area contributed by atoms with E-state index < -0.39 is 16.6 Å². The second-order valence-electron chi connectivity index (χ2n) is 4.84. The van der Waals surface area contributed by atoms with Gasteiger partial charge in [-0.1, -0.05) is 28.8 Å². The topological polar surface area (TPSA) is 132 Å². The molecule has 0 aliphatic rings. The van der Waals surface area contributed by atoms with Gasteiger partial charge in [0.15, 0.2) is 5.69 Å². The van der Waals surface area contributed by atoms with E-state index in [1.807, 2.05) is 12.1 Å². The van der Waals surface area contributed by atoms with Crippen molar-refractivity contribution in [2.24, 2.45) is 0 Å². The van der Waals surface area contributed by atoms with E-state index in [4.69, 9.17) is 11.6 Å². The fourth-order valence-corrected chi connectivity index (χ4v) is 2.72. The van der Waals surface area contributed by atoms with Crippen LogP contribution in [0.5, 0.6) is 0 Å². The summed E-state index contributed by atoms with van der Waals surface area (Å²) in [5, 5.41) is 23.7. The second kappa shape index (κ2) is 6.99. The minimum Gasteiger partial charge on any atom is -0.358 e. The Kier molecular flexibility index (Phi) is 4.76. The number of rotatable bonds is 5. The van der Waals surface area contributed by atoms with E-state index in [9.17, 15) is 14.9 Å². The molecule has 10 nitrogen and oxygen atoms in total. The van der Waals surface area contributed by atoms with Crippen molar-refractivity contribution in [3.05, 3.63) is 61.5 Å². The number of carbonyl (C=O) groups excluding carboxylic acids is 1. The van der Waals surface area contributed by atoms with Crippen LogP contribution in [0, 0.1) is 10.1 Å². The number of H-pyrrole nitrogens is 1. The Hall–Kier alpha value is -2.79. The summed E-state index contributed by atoms with van der Waals surface area (Å²) in [4.78, 5) is 26.2. The van der Waals surface area contributed by atoms with E-state index in [1.54, 1.807) is 12.1 Å². The van der Waals surface area contributed by atoms with Gasteiger partial charge in [0.25, 0.3) is 5.91 Å². The minimum atomic E-state index is -0.689. The Morgan fingerprint density at radius 1 is 1.48 bits per heavy atom. The number of nitro groups is 1. The predicted molar refractivity (Wildman–Crippen MR) is 91.5 cm³/mol. The summed E-state index contributed by atoms with van der Waals surface area (Å²) in [7, 11) is 0. The molecule has 0 spiro atoms. The first-order valence-electron chi connectivity index (χ1n) is 6.77. The molecule has 0 aliphatic heterocycles. The molecular formula is C13H9BrClN7O3. The van der Waals surface area contributed by atoms with Crippen LogP contribution >= 0.6 is 27.5 Å². The molecule has 128 valence electrons. The van der Waals surface area contributed by atoms with Crippen molar-refractivity contribution in [2.45, 2.75) is 6.54 Å². The van der Waals surface area contributed by atoms with Crippen LogP contribution in [0.25, 0.3) is 0 Å². The fourth-order valence-electron chi connectivity index (χ4n) is 2.00. The Morgan fingerprint density at radius 3 is 2.96 bits per heavy atom. The largest absolute Gasteiger partial charge is 0.358 e. The average Bonchev–Trinajstić information content (AvgIpc) is 3.14. The molecule has 2 N–H and O–H groups in total. The van der Waals surface area contributed by atoms with Gasteiger partial charge in [0.1, 0.15) is 10.8 Å². The lowest BCUT2D eigenvalue weighted by atomic mass is 10.2. The summed E-state index contributed by atoms with van der Waals surface area (Å²) in [5.41, 5.74) is 0.749. The molecule has 0 unspecified atom stereocenters. The number of hydrogen-bond donors (Lipinski definition) is 2. The summed E-state index contributed by atoms with van der Waals surface area (Å²) in [6.07, 6.45) is 1.44. The number of nitrogens with one attached hydrogen (secondary N) is 2. The first-order chi connectivity index (χ1) is 11.9. The zero-order valence-corrected chi connectivity index (χ0v) is 14.7. The lowest BCUT2D eigenvalue weighted by Crippen LogP contribution is -2.14. The smallest absolute Gasteiger partial charge is 0.357 e. The van der Waals surface area contributed by atoms with Crippen molar-refractivity contribution in [1.82, 2.24) is 25.0 Å². The third kappa shape index (κ3) is 3.83. The maximum Gasteiger partial charge on any atom is 0.357 e. The number of aromatic nitrogens is 5. The third-order valence-corrected chi connectivity index (χ3v) is 4.07. The molecule has 0 saturated heterocycles. The molecule has 2 heterocycles. The van der Waals surface area contributed by atoms with Gasteiger partial charge < -0.3 is 10.1 Å². The van der Waals surface area contributed by atoms with Crippen molar-refractivity contribution in [3.63, 3.8) is 0 Å². The third-order valence-electron chi connectivity index (χ3n) is 3.08. The van der Waals surface area contributed by atoms with Crippen LogP contribution in [-0.2, 0) is 6.54 Å². The van der Waals surface area contributed by atoms with Gasteiger partial charge in [-0.15, -0.1) is 10.2 Å². The lowest BCUT2D eigenvalue weighted by molar-refractivity contribution is -0.390. The number of halogens is 2. The van der Waals surface area contributed by atoms with E-state index in [2.05, 4.69) is 41.5 Å². The lowest BCUT2D eigenvalue weighted by Gasteiger charge is -2.01. The summed E-state index contributed by atoms with van der Waals surface area (Å²) >= 11 is 8.89. The highest BCUT2D eigenvalue weighted by Gasteiger charge is 2.25. The number of carbonyl (C=O) groups is 1. The Morgan fingerprint density at radius 2 is 2.28 bits per heavy atom. The van der Waals surface area contributed by atoms with Crippen LogP contribution in [0.3, 0.4) is 0 Å². The molecule has 1 amide bonds. The van der Waals surface area contributed by atoms with Crippen LogP contribution in [0.2, 0.25) is 5.02 Å². The molecule has 0 radical (unpaired) electrons. The first-order valence-corrected chi connectivity index (χ1v) is 7.94. The monoisotopic (exact) mass is 425 g/mol. The first kappa shape index (κ1) is 17.0. The number of hydrogen-bond acceptors (Lipinski definition) is 6. The van der Waals surface area contributed by atoms with E-state index in [0.717, 1.165) is 5.56 Å². The van der Waals surface area contributed by atoms with Crippen molar-refractivity contribution in [2.75, 3.05) is 5.32 Å². The normalized spacial score (nSPS) is 10.6. The zero-order valence-electron chi connectivity index (χ0n) is 12.3. The molecular weight excluding hydrogens is 418 g/mol. The Labute approximate surface area is 153 Å². The highest BCUT2D eigenvalue weighted by atomic mass is 79.9. The summed E-state index contributed by atoms with van der Waals surface area (Å²) in [6.45, 7) is 0.418. The molecule has 3 rings (SSSR count). The van der Waals surface area contributed by atoms with Crippen molar-refractivity contribution in [3.8, 4) is 0 Å². The number of nitrogens with zero attached hydrogens (tertiary/aromatic N) is 5. The van der Waals surface area contributed by atoms with Crippen LogP contribution < -0.4 is 5.32 Å². The van der Waals surface area contributed by atoms with Gasteiger partial charge in [-0.25, -0.2) is 9.67 Å². The van der Waals surface area contributed by atoms with Gasteiger partial charge in [0.05, 0.1) is 6.54 Å². The Bertz CT molecular complexity index is 955. The summed E-state index contributed by atoms with van der Waals surface area (Å²) in [5.74, 6) is -1.05. The summed E-state index contributed by atoms with van der Waals surface area (Å²) in [6, 6.07) is 7.26. The van der Waals surface area contributed by atoms with Crippen LogP contribution in [-0.4, -0.2) is 35.8 Å². The number of benzene rings is 1. The van der Waals surface area contributed by atoms with E-state index >= 15 is 0 Å². The molecule has 1 aromatic carbocycles. The molecule has 3 aromatic rings. The molecule has 12 heteroatoms. The van der Waals surface area contributed by atoms with Gasteiger partial charge in [0.2, 0.25) is 5.95 Å². The number of aromatic amines is 1. The molecule has 0 aliphatic carbocycles. The van der Waals surface area contributed by atoms with Gasteiger partial charge in [0, 0.05) is 5.02 Å². The molecule has 2 aromatic heterocycles.